The van der Waals surface area contributed by atoms with Gasteiger partial charge in [-0.05, 0) is 19.1 Å². The van der Waals surface area contributed by atoms with Crippen LogP contribution in [0.3, 0.4) is 0 Å². The lowest BCUT2D eigenvalue weighted by Crippen LogP contribution is -2.30. The number of alkyl halides is 1. The molecule has 1 aromatic carbocycles. The molecule has 2 atom stereocenters. The summed E-state index contributed by atoms with van der Waals surface area (Å²) in [5.74, 6) is 0. The molecule has 0 heterocycles. The molecule has 0 saturated heterocycles. The molecule has 88 valence electrons. The van der Waals surface area contributed by atoms with Crippen LogP contribution in [0.15, 0.2) is 35.2 Å². The Bertz CT molecular complexity index is 383. The summed E-state index contributed by atoms with van der Waals surface area (Å²) in [7, 11) is -0.181. The van der Waals surface area contributed by atoms with E-state index in [2.05, 4.69) is 0 Å². The number of ether oxygens (including phenoxy) is 1. The molecule has 0 fully saturated rings. The van der Waals surface area contributed by atoms with E-state index < -0.39 is 22.6 Å². The molecule has 16 heavy (non-hydrogen) atoms. The number of benzene rings is 1. The lowest BCUT2D eigenvalue weighted by Gasteiger charge is -2.16. The number of carbonyl (C=O) groups is 1. The Hall–Kier alpha value is -1.07. The molecule has 0 aliphatic heterocycles. The SMILES string of the molecule is CC(Cl)OC(=O)N(C)[S@@](=O)c1ccccc1. The first-order chi connectivity index (χ1) is 7.52. The smallest absolute Gasteiger partial charge is 0.423 e. The van der Waals surface area contributed by atoms with Crippen molar-refractivity contribution in [1.29, 1.82) is 0 Å². The lowest BCUT2D eigenvalue weighted by molar-refractivity contribution is 0.124. The van der Waals surface area contributed by atoms with Crippen molar-refractivity contribution >= 4 is 28.7 Å². The zero-order chi connectivity index (χ0) is 12.1. The Morgan fingerprint density at radius 2 is 2.00 bits per heavy atom. The van der Waals surface area contributed by atoms with E-state index in [-0.39, 0.29) is 0 Å². The maximum atomic E-state index is 11.9. The number of hydrogen-bond donors (Lipinski definition) is 0. The van der Waals surface area contributed by atoms with Crippen molar-refractivity contribution in [2.24, 2.45) is 0 Å². The molecule has 1 unspecified atom stereocenters. The maximum absolute atomic E-state index is 11.9. The van der Waals surface area contributed by atoms with Crippen LogP contribution in [0.4, 0.5) is 4.79 Å². The largest absolute Gasteiger partial charge is 0.429 e. The average Bonchev–Trinajstić information content (AvgIpc) is 2.27. The van der Waals surface area contributed by atoms with Gasteiger partial charge in [-0.3, -0.25) is 0 Å². The molecule has 1 aromatic rings. The normalized spacial score (nSPS) is 13.9. The predicted molar refractivity (Wildman–Crippen MR) is 62.4 cm³/mol. The summed E-state index contributed by atoms with van der Waals surface area (Å²) in [5, 5.41) is 0. The van der Waals surface area contributed by atoms with Gasteiger partial charge in [0.25, 0.3) is 0 Å². The first-order valence-electron chi connectivity index (χ1n) is 4.57. The average molecular weight is 262 g/mol. The van der Waals surface area contributed by atoms with E-state index in [1.807, 2.05) is 0 Å². The second-order valence-corrected chi connectivity index (χ2v) is 5.12. The third kappa shape index (κ3) is 3.50. The van der Waals surface area contributed by atoms with Gasteiger partial charge in [0.05, 0.1) is 4.90 Å². The van der Waals surface area contributed by atoms with E-state index in [1.54, 1.807) is 30.3 Å². The van der Waals surface area contributed by atoms with Crippen molar-refractivity contribution in [3.8, 4) is 0 Å². The van der Waals surface area contributed by atoms with Gasteiger partial charge in [0, 0.05) is 7.05 Å². The highest BCUT2D eigenvalue weighted by molar-refractivity contribution is 7.83. The highest BCUT2D eigenvalue weighted by Crippen LogP contribution is 2.11. The molecule has 0 aromatic heterocycles. The fourth-order valence-electron chi connectivity index (χ4n) is 0.976. The van der Waals surface area contributed by atoms with Crippen LogP contribution in [-0.4, -0.2) is 27.2 Å². The summed E-state index contributed by atoms with van der Waals surface area (Å²) in [6.07, 6.45) is -0.718. The van der Waals surface area contributed by atoms with E-state index in [0.29, 0.717) is 4.90 Å². The van der Waals surface area contributed by atoms with Gasteiger partial charge in [-0.1, -0.05) is 29.8 Å². The van der Waals surface area contributed by atoms with Crippen LogP contribution in [0.5, 0.6) is 0 Å². The van der Waals surface area contributed by atoms with Crippen molar-refractivity contribution in [2.45, 2.75) is 17.4 Å². The molecule has 0 aliphatic rings. The van der Waals surface area contributed by atoms with Gasteiger partial charge in [0.15, 0.2) is 16.5 Å². The molecule has 0 spiro atoms. The zero-order valence-electron chi connectivity index (χ0n) is 8.92. The standard InChI is InChI=1S/C10H12ClNO3S/c1-8(11)15-10(13)12(2)16(14)9-6-4-3-5-7-9/h3-8H,1-2H3/t8?,16-/m0/s1. The van der Waals surface area contributed by atoms with Gasteiger partial charge in [-0.15, -0.1) is 0 Å². The van der Waals surface area contributed by atoms with Crippen LogP contribution in [0.1, 0.15) is 6.92 Å². The third-order valence-electron chi connectivity index (χ3n) is 1.71. The summed E-state index contributed by atoms with van der Waals surface area (Å²) in [6, 6.07) is 8.64. The molecule has 0 aliphatic carbocycles. The van der Waals surface area contributed by atoms with Gasteiger partial charge in [-0.25, -0.2) is 13.3 Å². The van der Waals surface area contributed by atoms with Crippen LogP contribution in [0.2, 0.25) is 0 Å². The maximum Gasteiger partial charge on any atom is 0.423 e. The number of rotatable bonds is 3. The Labute approximate surface area is 102 Å². The van der Waals surface area contributed by atoms with E-state index in [4.69, 9.17) is 16.3 Å². The number of carbonyl (C=O) groups excluding carboxylic acids is 1. The molecular weight excluding hydrogens is 250 g/mol. The number of halogens is 1. The van der Waals surface area contributed by atoms with Crippen molar-refractivity contribution in [3.05, 3.63) is 30.3 Å². The lowest BCUT2D eigenvalue weighted by atomic mass is 10.4. The number of amides is 1. The van der Waals surface area contributed by atoms with Crippen molar-refractivity contribution in [3.63, 3.8) is 0 Å². The first kappa shape index (κ1) is 13.0. The molecule has 0 bridgehead atoms. The van der Waals surface area contributed by atoms with Gasteiger partial charge in [-0.2, -0.15) is 0 Å². The van der Waals surface area contributed by atoms with Crippen LogP contribution in [0.25, 0.3) is 0 Å². The van der Waals surface area contributed by atoms with Crippen LogP contribution < -0.4 is 0 Å². The molecule has 0 radical (unpaired) electrons. The van der Waals surface area contributed by atoms with Crippen LogP contribution in [0, 0.1) is 0 Å². The number of hydrogen-bond acceptors (Lipinski definition) is 3. The van der Waals surface area contributed by atoms with Crippen LogP contribution in [-0.2, 0) is 15.7 Å². The summed E-state index contributed by atoms with van der Waals surface area (Å²) in [4.78, 5) is 11.9. The zero-order valence-corrected chi connectivity index (χ0v) is 10.5. The predicted octanol–water partition coefficient (Wildman–Crippen LogP) is 2.36. The Morgan fingerprint density at radius 1 is 1.44 bits per heavy atom. The molecule has 6 heteroatoms. The van der Waals surface area contributed by atoms with Gasteiger partial charge in [0.1, 0.15) is 0 Å². The molecule has 1 rings (SSSR count). The fraction of sp³-hybridized carbons (Fsp3) is 0.300. The molecule has 0 N–H and O–H groups in total. The minimum atomic E-state index is -1.57. The monoisotopic (exact) mass is 261 g/mol. The topological polar surface area (TPSA) is 46.6 Å². The summed E-state index contributed by atoms with van der Waals surface area (Å²) in [5.41, 5.74) is -0.747. The van der Waals surface area contributed by atoms with E-state index in [0.717, 1.165) is 4.31 Å². The fourth-order valence-corrected chi connectivity index (χ4v) is 1.94. The first-order valence-corrected chi connectivity index (χ1v) is 6.12. The molecular formula is C10H12ClNO3S. The number of nitrogens with zero attached hydrogens (tertiary/aromatic N) is 1. The minimum absolute atomic E-state index is 0.532. The minimum Gasteiger partial charge on any atom is -0.429 e. The van der Waals surface area contributed by atoms with Crippen molar-refractivity contribution in [2.75, 3.05) is 7.05 Å². The highest BCUT2D eigenvalue weighted by atomic mass is 35.5. The quantitative estimate of drug-likeness (QED) is 0.785. The Kier molecular flexibility index (Phi) is 4.76. The summed E-state index contributed by atoms with van der Waals surface area (Å²) >= 11 is 5.50. The summed E-state index contributed by atoms with van der Waals surface area (Å²) < 4.78 is 17.6. The van der Waals surface area contributed by atoms with Gasteiger partial charge in [0.2, 0.25) is 0 Å². The van der Waals surface area contributed by atoms with E-state index >= 15 is 0 Å². The second-order valence-electron chi connectivity index (χ2n) is 2.99. The molecule has 1 amide bonds. The summed E-state index contributed by atoms with van der Waals surface area (Å²) in [6.45, 7) is 1.51. The van der Waals surface area contributed by atoms with Crippen molar-refractivity contribution in [1.82, 2.24) is 4.31 Å². The molecule has 0 saturated carbocycles. The Balaban J connectivity index is 2.72. The van der Waals surface area contributed by atoms with Gasteiger partial charge < -0.3 is 4.74 Å². The second kappa shape index (κ2) is 5.86. The molecule has 4 nitrogen and oxygen atoms in total. The van der Waals surface area contributed by atoms with E-state index in [1.165, 1.54) is 14.0 Å². The van der Waals surface area contributed by atoms with Gasteiger partial charge >= 0.3 is 6.09 Å². The highest BCUT2D eigenvalue weighted by Gasteiger charge is 2.19. The Morgan fingerprint density at radius 3 is 2.50 bits per heavy atom. The van der Waals surface area contributed by atoms with Crippen molar-refractivity contribution < 1.29 is 13.7 Å². The van der Waals surface area contributed by atoms with E-state index in [9.17, 15) is 9.00 Å². The third-order valence-corrected chi connectivity index (χ3v) is 3.12. The van der Waals surface area contributed by atoms with Crippen LogP contribution >= 0.6 is 11.6 Å².